The summed E-state index contributed by atoms with van der Waals surface area (Å²) in [7, 11) is 1.52. The fourth-order valence-corrected chi connectivity index (χ4v) is 14.0. The normalized spacial score (nSPS) is 13.8. The lowest BCUT2D eigenvalue weighted by atomic mass is 10.0. The maximum absolute atomic E-state index is 15.2. The van der Waals surface area contributed by atoms with Crippen LogP contribution in [-0.2, 0) is 102 Å². The molecule has 0 spiro atoms. The number of ether oxygens (including phenoxy) is 4. The first kappa shape index (κ1) is 87.7. The lowest BCUT2D eigenvalue weighted by Gasteiger charge is -2.31. The van der Waals surface area contributed by atoms with Gasteiger partial charge in [-0.05, 0) is 109 Å². The van der Waals surface area contributed by atoms with E-state index in [0.717, 1.165) is 33.4 Å². The quantitative estimate of drug-likeness (QED) is 0.0183. The van der Waals surface area contributed by atoms with E-state index < -0.39 is 127 Å². The molecular formula is C84H100N12O16S2. The van der Waals surface area contributed by atoms with Gasteiger partial charge in [0.15, 0.2) is 0 Å². The average molecular weight is 1600 g/mol. The summed E-state index contributed by atoms with van der Waals surface area (Å²) in [5, 5.41) is 24.2. The largest absolute Gasteiger partial charge is 0.497 e. The minimum absolute atomic E-state index is 0.00380. The molecule has 0 saturated carbocycles. The Morgan fingerprint density at radius 1 is 0.456 bits per heavy atom. The van der Waals surface area contributed by atoms with Crippen LogP contribution in [0.25, 0.3) is 0 Å². The Morgan fingerprint density at radius 3 is 1.45 bits per heavy atom. The Labute approximate surface area is 671 Å². The van der Waals surface area contributed by atoms with Crippen molar-refractivity contribution in [3.05, 3.63) is 239 Å². The van der Waals surface area contributed by atoms with Crippen LogP contribution in [0.4, 0.5) is 9.59 Å². The number of methoxy groups -OCH3 is 1. The van der Waals surface area contributed by atoms with Crippen LogP contribution in [0, 0.1) is 6.92 Å². The van der Waals surface area contributed by atoms with Gasteiger partial charge in [0.1, 0.15) is 73.6 Å². The average Bonchev–Trinajstić information content (AvgIpc) is 1.64. The van der Waals surface area contributed by atoms with Gasteiger partial charge in [-0.1, -0.05) is 175 Å². The fourth-order valence-electron chi connectivity index (χ4n) is 12.1. The molecular weight excluding hydrogens is 1500 g/mol. The van der Waals surface area contributed by atoms with E-state index in [2.05, 4.69) is 47.9 Å². The Balaban J connectivity index is 1.02. The van der Waals surface area contributed by atoms with Crippen molar-refractivity contribution in [1.29, 1.82) is 0 Å². The topological polar surface area (TPSA) is 405 Å². The van der Waals surface area contributed by atoms with Crippen molar-refractivity contribution >= 4 is 94.8 Å². The molecule has 7 atom stereocenters. The summed E-state index contributed by atoms with van der Waals surface area (Å²) in [6, 6.07) is 48.4. The molecule has 28 nitrogen and oxygen atoms in total. The summed E-state index contributed by atoms with van der Waals surface area (Å²) in [5.74, 6) is -5.95. The molecule has 1 saturated heterocycles. The van der Waals surface area contributed by atoms with Gasteiger partial charge in [0, 0.05) is 61.9 Å². The number of hydrogen-bond donors (Lipinski definition) is 11. The highest BCUT2D eigenvalue weighted by atomic mass is 32.2. The number of nitrogens with two attached hydrogens (primary N) is 2. The van der Waals surface area contributed by atoms with Crippen molar-refractivity contribution in [3.8, 4) is 11.5 Å². The molecule has 0 bridgehead atoms. The van der Waals surface area contributed by atoms with Gasteiger partial charge >= 0.3 is 12.2 Å². The fraction of sp³-hybridized carbons (Fsp3) is 0.357. The molecule has 7 aromatic carbocycles. The van der Waals surface area contributed by atoms with E-state index in [4.69, 9.17) is 30.4 Å². The summed E-state index contributed by atoms with van der Waals surface area (Å²) >= 11 is 2.78. The number of carbonyl (C=O) groups is 12. The molecule has 604 valence electrons. The standard InChI is InChI=1S/C84H100N12O16S2/c1-56-29-31-62(32-30-56)53-113-45-41-75(99)90-68(47-58-33-39-65(40-34-58)110-50-59-20-9-4-10-21-59)78(102)93-69(46-57-18-7-3-8-19-57)79(103)91-67(27-16-43-88-84(108)112-52-61-24-13-6-14-25-61)77(101)94-70(48-73(85)97)80(104)95-71(55-114-54-63-35-37-64(109-2)38-36-63)82(106)96-44-17-28-72(96)81(105)92-66(76(100)89-49-74(86)98)26-15-42-87-83(107)111-51-60-22-11-5-12-23-60/h3-14,18-25,29-40,66-72H,15-17,26-28,41-55H2,1-2H3,(H2,85,97)(H2,86,98)(H,87,107)(H,88,108)(H,89,100)(H,90,99)(H,91,103)(H,92,105)(H,93,102)(H,94,101)(H,95,104)/t66-,67-,68-,69-,70-,71-,72-/m0/s1. The van der Waals surface area contributed by atoms with E-state index in [1.807, 2.05) is 85.8 Å². The van der Waals surface area contributed by atoms with E-state index in [1.165, 1.54) is 23.8 Å². The molecule has 1 aliphatic heterocycles. The number of rotatable bonds is 46. The maximum atomic E-state index is 15.2. The molecule has 30 heteroatoms. The van der Waals surface area contributed by atoms with Gasteiger partial charge in [-0.15, -0.1) is 0 Å². The zero-order valence-electron chi connectivity index (χ0n) is 63.8. The van der Waals surface area contributed by atoms with Crippen molar-refractivity contribution in [2.24, 2.45) is 11.5 Å². The third-order valence-electron chi connectivity index (χ3n) is 18.3. The Morgan fingerprint density at radius 2 is 0.904 bits per heavy atom. The third kappa shape index (κ3) is 31.3. The van der Waals surface area contributed by atoms with Crippen molar-refractivity contribution in [2.45, 2.75) is 145 Å². The molecule has 114 heavy (non-hydrogen) atoms. The van der Waals surface area contributed by atoms with Gasteiger partial charge in [-0.25, -0.2) is 9.59 Å². The van der Waals surface area contributed by atoms with Crippen LogP contribution < -0.4 is 68.8 Å². The van der Waals surface area contributed by atoms with Crippen LogP contribution in [0.2, 0.25) is 0 Å². The second-order valence-corrected chi connectivity index (χ2v) is 29.3. The summed E-state index contributed by atoms with van der Waals surface area (Å²) < 4.78 is 22.1. The molecule has 1 aliphatic rings. The molecule has 0 aliphatic carbocycles. The second-order valence-electron chi connectivity index (χ2n) is 27.2. The number of primary amides is 2. The van der Waals surface area contributed by atoms with Gasteiger partial charge in [-0.2, -0.15) is 23.5 Å². The van der Waals surface area contributed by atoms with E-state index >= 15 is 24.0 Å². The smallest absolute Gasteiger partial charge is 0.407 e. The number of benzene rings is 7. The van der Waals surface area contributed by atoms with Gasteiger partial charge in [0.05, 0.1) is 20.1 Å². The molecule has 1 heterocycles. The number of alkyl carbamates (subject to hydrolysis) is 2. The lowest BCUT2D eigenvalue weighted by molar-refractivity contribution is -0.142. The first-order valence-electron chi connectivity index (χ1n) is 37.6. The third-order valence-corrected chi connectivity index (χ3v) is 20.4. The number of hydrogen-bond acceptors (Lipinski definition) is 18. The minimum atomic E-state index is -1.82. The van der Waals surface area contributed by atoms with Crippen LogP contribution in [0.15, 0.2) is 194 Å². The summed E-state index contributed by atoms with van der Waals surface area (Å²) in [6.07, 6.45) is -2.21. The zero-order chi connectivity index (χ0) is 81.4. The first-order valence-corrected chi connectivity index (χ1v) is 39.9. The minimum Gasteiger partial charge on any atom is -0.497 e. The number of nitrogens with zero attached hydrogens (tertiary/aromatic N) is 1. The van der Waals surface area contributed by atoms with Crippen LogP contribution >= 0.6 is 23.5 Å². The predicted molar refractivity (Wildman–Crippen MR) is 432 cm³/mol. The SMILES string of the molecule is COc1ccc(CSC[C@H](NC(=O)[C@H](CC(N)=O)NC(=O)[C@H](CCCNC(=O)OCc2ccccc2)NC(=O)[C@H](Cc2ccccc2)NC(=O)[C@H](Cc2ccc(OCc3ccccc3)cc2)NC(=O)CCSCc2ccc(C)cc2)C(=O)N2CCC[C@H]2C(=O)N[C@@H](CCCNC(=O)OCc2ccccc2)C(=O)NCC(N)=O)cc1. The van der Waals surface area contributed by atoms with E-state index in [0.29, 0.717) is 52.9 Å². The Bertz CT molecular complexity index is 4270. The van der Waals surface area contributed by atoms with Crippen molar-refractivity contribution < 1.29 is 76.5 Å². The van der Waals surface area contributed by atoms with Gasteiger partial charge in [-0.3, -0.25) is 47.9 Å². The molecule has 0 unspecified atom stereocenters. The van der Waals surface area contributed by atoms with Crippen molar-refractivity contribution in [1.82, 2.24) is 52.8 Å². The Hall–Kier alpha value is -11.9. The number of amides is 12. The van der Waals surface area contributed by atoms with Crippen LogP contribution in [0.3, 0.4) is 0 Å². The summed E-state index contributed by atoms with van der Waals surface area (Å²) in [6.45, 7) is 1.62. The number of thioether (sulfide) groups is 2. The van der Waals surface area contributed by atoms with Gasteiger partial charge < -0.3 is 83.2 Å². The summed E-state index contributed by atoms with van der Waals surface area (Å²) in [5.41, 5.74) is 17.8. The van der Waals surface area contributed by atoms with Crippen molar-refractivity contribution in [3.63, 3.8) is 0 Å². The van der Waals surface area contributed by atoms with Crippen molar-refractivity contribution in [2.75, 3.05) is 44.8 Å². The highest BCUT2D eigenvalue weighted by Gasteiger charge is 2.41. The van der Waals surface area contributed by atoms with Gasteiger partial charge in [0.25, 0.3) is 0 Å². The first-order chi connectivity index (χ1) is 55.1. The lowest BCUT2D eigenvalue weighted by Crippen LogP contribution is -2.61. The molecule has 12 amide bonds. The number of carbonyl (C=O) groups excluding carboxylic acids is 12. The van der Waals surface area contributed by atoms with Crippen LogP contribution in [0.5, 0.6) is 11.5 Å². The van der Waals surface area contributed by atoms with E-state index in [-0.39, 0.29) is 90.0 Å². The number of likely N-dealkylation sites (tertiary alicyclic amines) is 1. The van der Waals surface area contributed by atoms with Crippen LogP contribution in [-0.4, -0.2) is 163 Å². The zero-order valence-corrected chi connectivity index (χ0v) is 65.4. The number of nitrogens with one attached hydrogen (secondary N) is 9. The molecule has 8 rings (SSSR count). The molecule has 1 fully saturated rings. The molecule has 0 radical (unpaired) electrons. The molecule has 13 N–H and O–H groups in total. The van der Waals surface area contributed by atoms with Gasteiger partial charge in [0.2, 0.25) is 59.1 Å². The molecule has 0 aromatic heterocycles. The second kappa shape index (κ2) is 47.4. The summed E-state index contributed by atoms with van der Waals surface area (Å²) in [4.78, 5) is 169. The van der Waals surface area contributed by atoms with Crippen LogP contribution in [0.1, 0.15) is 95.9 Å². The molecule has 7 aromatic rings. The Kier molecular flexibility index (Phi) is 36.5. The highest BCUT2D eigenvalue weighted by Crippen LogP contribution is 2.24. The highest BCUT2D eigenvalue weighted by molar-refractivity contribution is 7.98. The number of aryl methyl sites for hydroxylation is 1. The predicted octanol–water partition coefficient (Wildman–Crippen LogP) is 6.41. The monoisotopic (exact) mass is 1600 g/mol. The van der Waals surface area contributed by atoms with E-state index in [1.54, 1.807) is 127 Å². The van der Waals surface area contributed by atoms with E-state index in [9.17, 15) is 33.6 Å². The maximum Gasteiger partial charge on any atom is 0.407 e.